The first-order chi connectivity index (χ1) is 9.63. The predicted molar refractivity (Wildman–Crippen MR) is 75.8 cm³/mol. The van der Waals surface area contributed by atoms with E-state index in [0.717, 1.165) is 15.2 Å². The van der Waals surface area contributed by atoms with Crippen LogP contribution in [0.4, 0.5) is 4.39 Å². The van der Waals surface area contributed by atoms with Gasteiger partial charge in [-0.3, -0.25) is 0 Å². The fourth-order valence-electron chi connectivity index (χ4n) is 2.00. The number of halogens is 1. The molecule has 3 nitrogen and oxygen atoms in total. The van der Waals surface area contributed by atoms with Crippen LogP contribution in [0.1, 0.15) is 20.9 Å². The van der Waals surface area contributed by atoms with Crippen molar-refractivity contribution in [1.29, 1.82) is 0 Å². The molecule has 0 aliphatic heterocycles. The van der Waals surface area contributed by atoms with Crippen molar-refractivity contribution >= 4 is 27.5 Å². The molecule has 3 aromatic rings. The highest BCUT2D eigenvalue weighted by molar-refractivity contribution is 7.18. The van der Waals surface area contributed by atoms with Gasteiger partial charge in [0.05, 0.1) is 20.8 Å². The maximum atomic E-state index is 13.8. The number of carboxylic acid groups (broad SMARTS) is 1. The number of carboxylic acids is 1. The Morgan fingerprint density at radius 3 is 2.80 bits per heavy atom. The van der Waals surface area contributed by atoms with Gasteiger partial charge in [0.1, 0.15) is 5.82 Å². The van der Waals surface area contributed by atoms with Gasteiger partial charge in [0.2, 0.25) is 0 Å². The normalized spacial score (nSPS) is 10.8. The van der Waals surface area contributed by atoms with E-state index in [2.05, 4.69) is 4.98 Å². The van der Waals surface area contributed by atoms with Crippen LogP contribution in [0, 0.1) is 5.82 Å². The molecule has 0 aliphatic carbocycles. The number of carbonyl (C=O) groups is 1. The van der Waals surface area contributed by atoms with Crippen molar-refractivity contribution in [1.82, 2.24) is 4.98 Å². The van der Waals surface area contributed by atoms with Crippen molar-refractivity contribution in [3.8, 4) is 0 Å². The second-order valence-corrected chi connectivity index (χ2v) is 5.48. The van der Waals surface area contributed by atoms with Gasteiger partial charge in [-0.25, -0.2) is 14.2 Å². The zero-order valence-electron chi connectivity index (χ0n) is 10.3. The molecule has 3 rings (SSSR count). The third-order valence-corrected chi connectivity index (χ3v) is 4.01. The number of fused-ring (bicyclic) bond motifs is 1. The fourth-order valence-corrected chi connectivity index (χ4v) is 2.99. The van der Waals surface area contributed by atoms with Crippen molar-refractivity contribution in [3.05, 3.63) is 64.4 Å². The molecule has 0 atom stereocenters. The molecule has 0 unspecified atom stereocenters. The Morgan fingerprint density at radius 1 is 1.25 bits per heavy atom. The Labute approximate surface area is 118 Å². The van der Waals surface area contributed by atoms with Crippen molar-refractivity contribution in [2.24, 2.45) is 0 Å². The lowest BCUT2D eigenvalue weighted by Gasteiger charge is -2.02. The summed E-state index contributed by atoms with van der Waals surface area (Å²) >= 11 is 1.49. The highest BCUT2D eigenvalue weighted by atomic mass is 32.1. The van der Waals surface area contributed by atoms with Crippen LogP contribution in [0.5, 0.6) is 0 Å². The van der Waals surface area contributed by atoms with Gasteiger partial charge in [-0.05, 0) is 35.9 Å². The number of aromatic carboxylic acids is 1. The molecular weight excluding hydrogens is 277 g/mol. The van der Waals surface area contributed by atoms with Crippen molar-refractivity contribution in [2.75, 3.05) is 0 Å². The van der Waals surface area contributed by atoms with E-state index in [1.165, 1.54) is 29.5 Å². The summed E-state index contributed by atoms with van der Waals surface area (Å²) in [6, 6.07) is 11.5. The van der Waals surface area contributed by atoms with E-state index in [1.807, 2.05) is 24.3 Å². The monoisotopic (exact) mass is 287 g/mol. The largest absolute Gasteiger partial charge is 0.478 e. The van der Waals surface area contributed by atoms with Crippen LogP contribution in [0.3, 0.4) is 0 Å². The van der Waals surface area contributed by atoms with Gasteiger partial charge in [0.25, 0.3) is 0 Å². The molecule has 0 radical (unpaired) electrons. The minimum absolute atomic E-state index is 0.0857. The highest BCUT2D eigenvalue weighted by Crippen LogP contribution is 2.24. The molecule has 1 N–H and O–H groups in total. The first-order valence-electron chi connectivity index (χ1n) is 5.99. The van der Waals surface area contributed by atoms with Gasteiger partial charge in [-0.1, -0.05) is 12.1 Å². The molecule has 0 spiro atoms. The maximum Gasteiger partial charge on any atom is 0.335 e. The Balaban J connectivity index is 1.97. The van der Waals surface area contributed by atoms with Crippen molar-refractivity contribution in [3.63, 3.8) is 0 Å². The number of rotatable bonds is 3. The molecule has 0 fully saturated rings. The molecule has 1 aromatic heterocycles. The van der Waals surface area contributed by atoms with Crippen LogP contribution < -0.4 is 0 Å². The Hall–Kier alpha value is -2.27. The molecule has 0 amide bonds. The lowest BCUT2D eigenvalue weighted by atomic mass is 10.1. The van der Waals surface area contributed by atoms with Gasteiger partial charge in [0, 0.05) is 6.42 Å². The summed E-state index contributed by atoms with van der Waals surface area (Å²) in [5.41, 5.74) is 1.31. The average Bonchev–Trinajstić information content (AvgIpc) is 2.83. The van der Waals surface area contributed by atoms with Gasteiger partial charge in [-0.15, -0.1) is 11.3 Å². The van der Waals surface area contributed by atoms with Crippen LogP contribution in [0.2, 0.25) is 0 Å². The molecular formula is C15H10FNO2S. The van der Waals surface area contributed by atoms with E-state index in [0.29, 0.717) is 12.0 Å². The van der Waals surface area contributed by atoms with E-state index in [-0.39, 0.29) is 5.56 Å². The van der Waals surface area contributed by atoms with Gasteiger partial charge < -0.3 is 5.11 Å². The standard InChI is InChI=1S/C15H10FNO2S/c16-11-6-5-9(15(18)19)7-10(11)8-14-17-12-3-1-2-4-13(12)20-14/h1-7H,8H2,(H,18,19). The summed E-state index contributed by atoms with van der Waals surface area (Å²) < 4.78 is 14.8. The van der Waals surface area contributed by atoms with Gasteiger partial charge in [0.15, 0.2) is 0 Å². The molecule has 0 saturated heterocycles. The van der Waals surface area contributed by atoms with Crippen molar-refractivity contribution < 1.29 is 14.3 Å². The minimum Gasteiger partial charge on any atom is -0.478 e. The highest BCUT2D eigenvalue weighted by Gasteiger charge is 2.11. The lowest BCUT2D eigenvalue weighted by Crippen LogP contribution is -2.00. The number of hydrogen-bond acceptors (Lipinski definition) is 3. The van der Waals surface area contributed by atoms with E-state index in [1.54, 1.807) is 0 Å². The molecule has 5 heteroatoms. The van der Waals surface area contributed by atoms with Crippen LogP contribution in [-0.2, 0) is 6.42 Å². The van der Waals surface area contributed by atoms with E-state index < -0.39 is 11.8 Å². The zero-order chi connectivity index (χ0) is 14.1. The summed E-state index contributed by atoms with van der Waals surface area (Å²) in [7, 11) is 0. The summed E-state index contributed by atoms with van der Waals surface area (Å²) in [4.78, 5) is 15.4. The third kappa shape index (κ3) is 2.40. The SMILES string of the molecule is O=C(O)c1ccc(F)c(Cc2nc3ccccc3s2)c1. The Bertz CT molecular complexity index is 764. The molecule has 20 heavy (non-hydrogen) atoms. The number of para-hydroxylation sites is 1. The van der Waals surface area contributed by atoms with E-state index in [9.17, 15) is 9.18 Å². The molecule has 2 aromatic carbocycles. The lowest BCUT2D eigenvalue weighted by molar-refractivity contribution is 0.0696. The third-order valence-electron chi connectivity index (χ3n) is 2.97. The Morgan fingerprint density at radius 2 is 2.05 bits per heavy atom. The number of benzene rings is 2. The van der Waals surface area contributed by atoms with Crippen molar-refractivity contribution in [2.45, 2.75) is 6.42 Å². The van der Waals surface area contributed by atoms with Crippen LogP contribution in [-0.4, -0.2) is 16.1 Å². The summed E-state index contributed by atoms with van der Waals surface area (Å²) in [6.07, 6.45) is 0.298. The number of hydrogen-bond donors (Lipinski definition) is 1. The summed E-state index contributed by atoms with van der Waals surface area (Å²) in [5, 5.41) is 9.72. The fraction of sp³-hybridized carbons (Fsp3) is 0.0667. The molecule has 0 saturated carbocycles. The van der Waals surface area contributed by atoms with Crippen LogP contribution in [0.25, 0.3) is 10.2 Å². The predicted octanol–water partition coefficient (Wildman–Crippen LogP) is 3.72. The molecule has 0 aliphatic rings. The van der Waals surface area contributed by atoms with E-state index >= 15 is 0 Å². The van der Waals surface area contributed by atoms with Gasteiger partial charge >= 0.3 is 5.97 Å². The topological polar surface area (TPSA) is 50.2 Å². The average molecular weight is 287 g/mol. The van der Waals surface area contributed by atoms with E-state index in [4.69, 9.17) is 5.11 Å². The van der Waals surface area contributed by atoms with Crippen LogP contribution in [0.15, 0.2) is 42.5 Å². The number of thiazole rings is 1. The summed E-state index contributed by atoms with van der Waals surface area (Å²) in [5.74, 6) is -1.47. The molecule has 0 bridgehead atoms. The summed E-state index contributed by atoms with van der Waals surface area (Å²) in [6.45, 7) is 0. The first kappa shape index (κ1) is 12.7. The number of aromatic nitrogens is 1. The first-order valence-corrected chi connectivity index (χ1v) is 6.81. The minimum atomic E-state index is -1.06. The second kappa shape index (κ2) is 5.02. The Kier molecular flexibility index (Phi) is 3.20. The van der Waals surface area contributed by atoms with Gasteiger partial charge in [-0.2, -0.15) is 0 Å². The zero-order valence-corrected chi connectivity index (χ0v) is 11.2. The molecule has 100 valence electrons. The maximum absolute atomic E-state index is 13.8. The quantitative estimate of drug-likeness (QED) is 0.798. The number of nitrogens with zero attached hydrogens (tertiary/aromatic N) is 1. The smallest absolute Gasteiger partial charge is 0.335 e. The second-order valence-electron chi connectivity index (χ2n) is 4.36. The molecule has 1 heterocycles. The van der Waals surface area contributed by atoms with Crippen LogP contribution >= 0.6 is 11.3 Å².